The second-order valence-electron chi connectivity index (χ2n) is 7.23. The van der Waals surface area contributed by atoms with Crippen LogP contribution in [0.3, 0.4) is 0 Å². The Morgan fingerprint density at radius 2 is 1.79 bits per heavy atom. The molecule has 5 heteroatoms. The molecule has 1 aliphatic rings. The first-order chi connectivity index (χ1) is 11.3. The van der Waals surface area contributed by atoms with E-state index >= 15 is 0 Å². The zero-order valence-corrected chi connectivity index (χ0v) is 16.5. The molecule has 0 unspecified atom stereocenters. The quantitative estimate of drug-likeness (QED) is 0.700. The number of carbonyl (C=O) groups excluding carboxylic acids is 1. The number of hydrogen-bond acceptors (Lipinski definition) is 3. The molecule has 4 nitrogen and oxygen atoms in total. The van der Waals surface area contributed by atoms with E-state index in [0.717, 1.165) is 36.2 Å². The van der Waals surface area contributed by atoms with Crippen molar-refractivity contribution in [3.63, 3.8) is 0 Å². The Balaban J connectivity index is 1.91. The summed E-state index contributed by atoms with van der Waals surface area (Å²) in [5.41, 5.74) is 1.92. The molecule has 2 rings (SSSR count). The Bertz CT molecular complexity index is 585. The van der Waals surface area contributed by atoms with Crippen LogP contribution in [0.4, 0.5) is 10.5 Å². The third kappa shape index (κ3) is 5.55. The van der Waals surface area contributed by atoms with Gasteiger partial charge in [-0.25, -0.2) is 4.79 Å². The molecule has 1 fully saturated rings. The van der Waals surface area contributed by atoms with E-state index in [1.807, 2.05) is 56.0 Å². The minimum atomic E-state index is -0.438. The van der Waals surface area contributed by atoms with Crippen molar-refractivity contribution in [1.29, 1.82) is 0 Å². The number of hydrogen-bond donors (Lipinski definition) is 1. The zero-order chi connectivity index (χ0) is 17.7. The normalized spacial score (nSPS) is 17.3. The van der Waals surface area contributed by atoms with Crippen LogP contribution in [0.25, 0.3) is 0 Å². The smallest absolute Gasteiger partial charge is 0.410 e. The van der Waals surface area contributed by atoms with E-state index in [9.17, 15) is 4.79 Å². The summed E-state index contributed by atoms with van der Waals surface area (Å²) in [6.45, 7) is 9.32. The maximum Gasteiger partial charge on any atom is 0.410 e. The topological polar surface area (TPSA) is 41.6 Å². The lowest BCUT2D eigenvalue weighted by molar-refractivity contribution is 0.0194. The number of para-hydroxylation sites is 1. The number of amides is 1. The lowest BCUT2D eigenvalue weighted by Crippen LogP contribution is -2.42. The molecule has 1 aromatic carbocycles. The van der Waals surface area contributed by atoms with Gasteiger partial charge in [0.15, 0.2) is 0 Å². The lowest BCUT2D eigenvalue weighted by Gasteiger charge is -2.34. The van der Waals surface area contributed by atoms with Crippen LogP contribution in [0.15, 0.2) is 40.5 Å². The number of benzene rings is 1. The Hall–Kier alpha value is -1.49. The monoisotopic (exact) mass is 394 g/mol. The van der Waals surface area contributed by atoms with E-state index in [-0.39, 0.29) is 6.09 Å². The molecule has 0 spiro atoms. The van der Waals surface area contributed by atoms with Gasteiger partial charge in [-0.2, -0.15) is 0 Å². The highest BCUT2D eigenvalue weighted by molar-refractivity contribution is 9.11. The van der Waals surface area contributed by atoms with Crippen LogP contribution in [-0.2, 0) is 4.74 Å². The van der Waals surface area contributed by atoms with Crippen molar-refractivity contribution in [1.82, 2.24) is 4.90 Å². The average Bonchev–Trinajstić information content (AvgIpc) is 2.53. The fraction of sp³-hybridized carbons (Fsp3) is 0.526. The third-order valence-corrected chi connectivity index (χ3v) is 4.96. The molecule has 1 N–H and O–H groups in total. The van der Waals surface area contributed by atoms with Crippen molar-refractivity contribution in [2.75, 3.05) is 18.4 Å². The van der Waals surface area contributed by atoms with Crippen molar-refractivity contribution in [3.05, 3.63) is 40.5 Å². The third-order valence-electron chi connectivity index (χ3n) is 4.13. The van der Waals surface area contributed by atoms with E-state index in [1.54, 1.807) is 0 Å². The summed E-state index contributed by atoms with van der Waals surface area (Å²) in [5.74, 6) is 0.467. The van der Waals surface area contributed by atoms with Crippen molar-refractivity contribution in [2.24, 2.45) is 5.92 Å². The fourth-order valence-corrected chi connectivity index (χ4v) is 3.30. The number of nitrogens with one attached hydrogen (secondary N) is 1. The molecule has 1 aromatic rings. The first-order valence-electron chi connectivity index (χ1n) is 8.42. The summed E-state index contributed by atoms with van der Waals surface area (Å²) in [4.78, 5) is 13.9. The lowest BCUT2D eigenvalue weighted by atomic mass is 9.90. The molecular formula is C19H27BrN2O2. The molecule has 1 heterocycles. The Kier molecular flexibility index (Phi) is 6.33. The second kappa shape index (κ2) is 8.06. The molecule has 0 bridgehead atoms. The maximum atomic E-state index is 12.1. The van der Waals surface area contributed by atoms with Gasteiger partial charge in [0.05, 0.1) is 4.61 Å². The molecule has 1 amide bonds. The molecule has 0 atom stereocenters. The standard InChI is InChI=1S/C19H27BrN2O2/c1-14(17(20)21-16-8-6-5-7-9-16)15-10-12-22(13-11-15)18(23)24-19(2,3)4/h5-9,15,21H,10-13H2,1-4H3/b17-14+. The van der Waals surface area contributed by atoms with Crippen molar-refractivity contribution >= 4 is 27.7 Å². The van der Waals surface area contributed by atoms with Crippen molar-refractivity contribution in [2.45, 2.75) is 46.1 Å². The molecule has 0 radical (unpaired) electrons. The molecular weight excluding hydrogens is 368 g/mol. The highest BCUT2D eigenvalue weighted by Crippen LogP contribution is 2.30. The van der Waals surface area contributed by atoms with Crippen LogP contribution in [0.1, 0.15) is 40.5 Å². The van der Waals surface area contributed by atoms with E-state index in [1.165, 1.54) is 5.57 Å². The molecule has 0 saturated carbocycles. The van der Waals surface area contributed by atoms with Crippen LogP contribution in [0.5, 0.6) is 0 Å². The summed E-state index contributed by atoms with van der Waals surface area (Å²) in [6, 6.07) is 10.1. The number of carbonyl (C=O) groups is 1. The number of piperidine rings is 1. The number of halogens is 1. The van der Waals surface area contributed by atoms with Crippen molar-refractivity contribution in [3.8, 4) is 0 Å². The Morgan fingerprint density at radius 1 is 1.21 bits per heavy atom. The number of allylic oxidation sites excluding steroid dienone is 1. The van der Waals surface area contributed by atoms with Gasteiger partial charge in [0.2, 0.25) is 0 Å². The van der Waals surface area contributed by atoms with Crippen LogP contribution >= 0.6 is 15.9 Å². The van der Waals surface area contributed by atoms with Gasteiger partial charge >= 0.3 is 6.09 Å². The van der Waals surface area contributed by atoms with Crippen LogP contribution in [0.2, 0.25) is 0 Å². The molecule has 132 valence electrons. The van der Waals surface area contributed by atoms with Crippen molar-refractivity contribution < 1.29 is 9.53 Å². The van der Waals surface area contributed by atoms with E-state index in [2.05, 4.69) is 28.2 Å². The van der Waals surface area contributed by atoms with Gasteiger partial charge in [-0.15, -0.1) is 0 Å². The van der Waals surface area contributed by atoms with E-state index in [0.29, 0.717) is 5.92 Å². The van der Waals surface area contributed by atoms with Crippen LogP contribution in [0, 0.1) is 5.92 Å². The van der Waals surface area contributed by atoms with Gasteiger partial charge < -0.3 is 15.0 Å². The van der Waals surface area contributed by atoms with Gasteiger partial charge in [-0.05, 0) is 80.1 Å². The second-order valence-corrected chi connectivity index (χ2v) is 8.02. The number of rotatable bonds is 3. The fourth-order valence-electron chi connectivity index (χ4n) is 2.75. The highest BCUT2D eigenvalue weighted by Gasteiger charge is 2.28. The first kappa shape index (κ1) is 18.8. The van der Waals surface area contributed by atoms with E-state index < -0.39 is 5.60 Å². The molecule has 0 aliphatic carbocycles. The summed E-state index contributed by atoms with van der Waals surface area (Å²) in [5, 5.41) is 3.40. The summed E-state index contributed by atoms with van der Waals surface area (Å²) in [6.07, 6.45) is 1.71. The van der Waals surface area contributed by atoms with Gasteiger partial charge in [0.1, 0.15) is 5.60 Å². The number of likely N-dealkylation sites (tertiary alicyclic amines) is 1. The SMILES string of the molecule is C/C(=C(/Br)Nc1ccccc1)C1CCN(C(=O)OC(C)(C)C)CC1. The highest BCUT2D eigenvalue weighted by atomic mass is 79.9. The largest absolute Gasteiger partial charge is 0.444 e. The summed E-state index contributed by atoms with van der Waals surface area (Å²) >= 11 is 3.66. The molecule has 1 saturated heterocycles. The van der Waals surface area contributed by atoms with E-state index in [4.69, 9.17) is 4.74 Å². The van der Waals surface area contributed by atoms with Crippen LogP contribution in [-0.4, -0.2) is 29.7 Å². The summed E-state index contributed by atoms with van der Waals surface area (Å²) in [7, 11) is 0. The maximum absolute atomic E-state index is 12.1. The average molecular weight is 395 g/mol. The minimum Gasteiger partial charge on any atom is -0.444 e. The van der Waals surface area contributed by atoms with Crippen LogP contribution < -0.4 is 5.32 Å². The zero-order valence-electron chi connectivity index (χ0n) is 14.9. The number of nitrogens with zero attached hydrogens (tertiary/aromatic N) is 1. The number of anilines is 1. The van der Waals surface area contributed by atoms with Gasteiger partial charge in [0.25, 0.3) is 0 Å². The Labute approximate surface area is 153 Å². The summed E-state index contributed by atoms with van der Waals surface area (Å²) < 4.78 is 6.47. The predicted molar refractivity (Wildman–Crippen MR) is 102 cm³/mol. The molecule has 24 heavy (non-hydrogen) atoms. The molecule has 1 aliphatic heterocycles. The van der Waals surface area contributed by atoms with Gasteiger partial charge in [0, 0.05) is 18.8 Å². The Morgan fingerprint density at radius 3 is 2.33 bits per heavy atom. The first-order valence-corrected chi connectivity index (χ1v) is 9.22. The predicted octanol–water partition coefficient (Wildman–Crippen LogP) is 5.37. The van der Waals surface area contributed by atoms with Gasteiger partial charge in [-0.1, -0.05) is 18.2 Å². The van der Waals surface area contributed by atoms with Gasteiger partial charge in [-0.3, -0.25) is 0 Å². The number of ether oxygens (including phenoxy) is 1. The minimum absolute atomic E-state index is 0.205. The molecule has 0 aromatic heterocycles.